The summed E-state index contributed by atoms with van der Waals surface area (Å²) in [6.07, 6.45) is 0. The van der Waals surface area contributed by atoms with Crippen molar-refractivity contribution in [1.82, 2.24) is 4.98 Å². The van der Waals surface area contributed by atoms with Gasteiger partial charge in [0.05, 0.1) is 8.07 Å². The summed E-state index contributed by atoms with van der Waals surface area (Å²) in [6.45, 7) is 21.0. The van der Waals surface area contributed by atoms with Crippen LogP contribution in [-0.4, -0.2) is 13.1 Å². The third kappa shape index (κ3) is 3.24. The lowest BCUT2D eigenvalue weighted by Gasteiger charge is -2.25. The van der Waals surface area contributed by atoms with E-state index in [0.29, 0.717) is 0 Å². The highest BCUT2D eigenvalue weighted by Gasteiger charge is 2.30. The molecule has 0 aliphatic rings. The lowest BCUT2D eigenvalue weighted by Crippen LogP contribution is -2.41. The van der Waals surface area contributed by atoms with Gasteiger partial charge in [-0.05, 0) is 11.3 Å². The van der Waals surface area contributed by atoms with Crippen LogP contribution in [0.1, 0.15) is 52.9 Å². The first kappa shape index (κ1) is 14.6. The molecular weight excluding hydrogens is 222 g/mol. The number of rotatable bonds is 1. The van der Waals surface area contributed by atoms with Gasteiger partial charge in [0.25, 0.3) is 0 Å². The van der Waals surface area contributed by atoms with Crippen LogP contribution < -0.4 is 5.19 Å². The monoisotopic (exact) mass is 251 g/mol. The largest absolute Gasteiger partial charge is 0.361 e. The molecule has 0 aliphatic heterocycles. The molecule has 0 bridgehead atoms. The van der Waals surface area contributed by atoms with Crippen LogP contribution in [0.2, 0.25) is 19.6 Å². The molecule has 0 aliphatic carbocycles. The molecule has 0 saturated heterocycles. The predicted octanol–water partition coefficient (Wildman–Crippen LogP) is 4.15. The van der Waals surface area contributed by atoms with Gasteiger partial charge in [-0.2, -0.15) is 0 Å². The molecule has 1 nitrogen and oxygen atoms in total. The Balaban J connectivity index is 3.44. The van der Waals surface area contributed by atoms with Crippen molar-refractivity contribution in [2.45, 2.75) is 72.0 Å². The predicted molar refractivity (Wildman–Crippen MR) is 81.2 cm³/mol. The molecule has 2 heteroatoms. The normalized spacial score (nSPS) is 14.2. The Morgan fingerprint density at radius 3 is 1.59 bits per heavy atom. The van der Waals surface area contributed by atoms with E-state index in [1.807, 2.05) is 0 Å². The highest BCUT2D eigenvalue weighted by atomic mass is 28.3. The van der Waals surface area contributed by atoms with Gasteiger partial charge in [0.1, 0.15) is 0 Å². The molecule has 0 amide bonds. The highest BCUT2D eigenvalue weighted by Crippen LogP contribution is 2.27. The summed E-state index contributed by atoms with van der Waals surface area (Å²) in [5, 5.41) is 1.59. The molecule has 17 heavy (non-hydrogen) atoms. The summed E-state index contributed by atoms with van der Waals surface area (Å²) in [7, 11) is -1.28. The van der Waals surface area contributed by atoms with Gasteiger partial charge in [-0.25, -0.2) is 0 Å². The van der Waals surface area contributed by atoms with Crippen LogP contribution >= 0.6 is 0 Å². The van der Waals surface area contributed by atoms with Crippen LogP contribution in [0.25, 0.3) is 0 Å². The lowest BCUT2D eigenvalue weighted by atomic mass is 9.92. The van der Waals surface area contributed by atoms with E-state index in [1.165, 1.54) is 11.4 Å². The van der Waals surface area contributed by atoms with Crippen molar-refractivity contribution in [3.05, 3.63) is 17.5 Å². The fourth-order valence-corrected chi connectivity index (χ4v) is 3.81. The minimum Gasteiger partial charge on any atom is -0.361 e. The Hall–Kier alpha value is -0.503. The first-order valence-electron chi connectivity index (χ1n) is 6.58. The third-order valence-corrected chi connectivity index (χ3v) is 5.19. The number of aromatic amines is 1. The van der Waals surface area contributed by atoms with Gasteiger partial charge >= 0.3 is 0 Å². The summed E-state index contributed by atoms with van der Waals surface area (Å²) < 4.78 is 0. The second kappa shape index (κ2) is 4.01. The van der Waals surface area contributed by atoms with Crippen LogP contribution in [0.15, 0.2) is 6.07 Å². The number of nitrogens with one attached hydrogen (secondary N) is 1. The molecule has 0 unspecified atom stereocenters. The van der Waals surface area contributed by atoms with Crippen LogP contribution in [0.5, 0.6) is 0 Å². The Kier molecular flexibility index (Phi) is 3.43. The van der Waals surface area contributed by atoms with Gasteiger partial charge in [0.2, 0.25) is 0 Å². The minimum absolute atomic E-state index is 0.206. The van der Waals surface area contributed by atoms with Gasteiger partial charge in [0.15, 0.2) is 0 Å². The molecule has 0 fully saturated rings. The number of hydrogen-bond donors (Lipinski definition) is 1. The third-order valence-electron chi connectivity index (χ3n) is 3.18. The van der Waals surface area contributed by atoms with Crippen LogP contribution in [0.4, 0.5) is 0 Å². The summed E-state index contributed by atoms with van der Waals surface area (Å²) in [5.41, 5.74) is 3.23. The number of H-pyrrole nitrogens is 1. The lowest BCUT2D eigenvalue weighted by molar-refractivity contribution is 0.544. The van der Waals surface area contributed by atoms with E-state index in [4.69, 9.17) is 0 Å². The van der Waals surface area contributed by atoms with E-state index in [0.717, 1.165) is 0 Å². The van der Waals surface area contributed by atoms with Gasteiger partial charge in [-0.3, -0.25) is 0 Å². The van der Waals surface area contributed by atoms with Gasteiger partial charge in [0, 0.05) is 22.2 Å². The zero-order valence-corrected chi connectivity index (χ0v) is 14.1. The van der Waals surface area contributed by atoms with Crippen molar-refractivity contribution in [1.29, 1.82) is 0 Å². The van der Waals surface area contributed by atoms with Crippen molar-refractivity contribution >= 4 is 13.3 Å². The molecular formula is C15H29NSi. The Labute approximate surface area is 108 Å². The minimum atomic E-state index is -1.28. The maximum absolute atomic E-state index is 3.70. The molecule has 0 aromatic carbocycles. The average Bonchev–Trinajstić information content (AvgIpc) is 2.42. The Morgan fingerprint density at radius 2 is 1.35 bits per heavy atom. The second-order valence-electron chi connectivity index (χ2n) is 8.22. The van der Waals surface area contributed by atoms with Gasteiger partial charge in [-0.1, -0.05) is 61.2 Å². The van der Waals surface area contributed by atoms with Crippen molar-refractivity contribution in [3.63, 3.8) is 0 Å². The van der Waals surface area contributed by atoms with Crippen molar-refractivity contribution in [2.24, 2.45) is 0 Å². The van der Waals surface area contributed by atoms with Crippen LogP contribution in [0, 0.1) is 0 Å². The topological polar surface area (TPSA) is 15.8 Å². The van der Waals surface area contributed by atoms with E-state index < -0.39 is 8.07 Å². The first-order valence-corrected chi connectivity index (χ1v) is 10.1. The van der Waals surface area contributed by atoms with Gasteiger partial charge < -0.3 is 4.98 Å². The molecule has 1 heterocycles. The summed E-state index contributed by atoms with van der Waals surface area (Å²) in [5.74, 6) is 0. The molecule has 1 aromatic heterocycles. The second-order valence-corrected chi connectivity index (χ2v) is 13.3. The van der Waals surface area contributed by atoms with E-state index in [-0.39, 0.29) is 10.8 Å². The molecule has 98 valence electrons. The fourth-order valence-electron chi connectivity index (χ4n) is 2.04. The van der Waals surface area contributed by atoms with E-state index in [2.05, 4.69) is 72.2 Å². The molecule has 1 aromatic rings. The highest BCUT2D eigenvalue weighted by molar-refractivity contribution is 6.89. The first-order chi connectivity index (χ1) is 7.33. The number of hydrogen-bond acceptors (Lipinski definition) is 0. The quantitative estimate of drug-likeness (QED) is 0.722. The number of aromatic nitrogens is 1. The molecule has 1 rings (SSSR count). The van der Waals surface area contributed by atoms with E-state index in [9.17, 15) is 0 Å². The maximum Gasteiger partial charge on any atom is 0.0799 e. The average molecular weight is 251 g/mol. The van der Waals surface area contributed by atoms with E-state index >= 15 is 0 Å². The SMILES string of the molecule is CC(C)(C)c1cc([Si](C)(C)C)c(C(C)(C)C)[nH]1. The fraction of sp³-hybridized carbons (Fsp3) is 0.733. The molecule has 0 spiro atoms. The van der Waals surface area contributed by atoms with Crippen molar-refractivity contribution in [2.75, 3.05) is 0 Å². The molecule has 0 atom stereocenters. The molecule has 0 saturated carbocycles. The van der Waals surface area contributed by atoms with Crippen LogP contribution in [0.3, 0.4) is 0 Å². The smallest absolute Gasteiger partial charge is 0.0799 e. The standard InChI is InChI=1S/C15H29NSi/c1-14(2,3)12-10-11(17(7,8)9)13(16-12)15(4,5)6/h10,16H,1-9H3. The summed E-state index contributed by atoms with van der Waals surface area (Å²) in [4.78, 5) is 3.70. The zero-order chi connectivity index (χ0) is 13.6. The van der Waals surface area contributed by atoms with E-state index in [1.54, 1.807) is 5.19 Å². The molecule has 0 radical (unpaired) electrons. The summed E-state index contributed by atoms with van der Waals surface area (Å²) in [6, 6.07) is 2.42. The van der Waals surface area contributed by atoms with Crippen molar-refractivity contribution < 1.29 is 0 Å². The summed E-state index contributed by atoms with van der Waals surface area (Å²) >= 11 is 0. The zero-order valence-electron chi connectivity index (χ0n) is 13.1. The van der Waals surface area contributed by atoms with Crippen molar-refractivity contribution in [3.8, 4) is 0 Å². The van der Waals surface area contributed by atoms with Gasteiger partial charge in [-0.15, -0.1) is 0 Å². The maximum atomic E-state index is 3.70. The Morgan fingerprint density at radius 1 is 0.882 bits per heavy atom. The Bertz CT molecular complexity index is 363. The van der Waals surface area contributed by atoms with Crippen LogP contribution in [-0.2, 0) is 10.8 Å². The molecule has 1 N–H and O–H groups in total.